The third kappa shape index (κ3) is 3.37. The number of carbonyl (C=O) groups excluding carboxylic acids is 1. The Kier molecular flexibility index (Phi) is 5.34. The van der Waals surface area contributed by atoms with E-state index >= 15 is 0 Å². The number of piperidine rings is 1. The molecule has 1 aliphatic rings. The van der Waals surface area contributed by atoms with E-state index in [-0.39, 0.29) is 24.6 Å². The first-order valence-corrected chi connectivity index (χ1v) is 7.48. The lowest BCUT2D eigenvalue weighted by molar-refractivity contribution is -0.132. The van der Waals surface area contributed by atoms with Crippen LogP contribution in [-0.4, -0.2) is 35.6 Å². The zero-order valence-corrected chi connectivity index (χ0v) is 13.1. The van der Waals surface area contributed by atoms with Gasteiger partial charge in [-0.3, -0.25) is 9.59 Å². The van der Waals surface area contributed by atoms with Gasteiger partial charge in [-0.05, 0) is 32.3 Å². The maximum Gasteiger partial charge on any atom is 0.269 e. The summed E-state index contributed by atoms with van der Waals surface area (Å²) in [5.74, 6) is -0.0618. The Morgan fingerprint density at radius 1 is 1.36 bits per heavy atom. The molecule has 0 bridgehead atoms. The number of aromatic nitrogens is 1. The average molecular weight is 303 g/mol. The second-order valence-corrected chi connectivity index (χ2v) is 5.56. The smallest absolute Gasteiger partial charge is 0.269 e. The highest BCUT2D eigenvalue weighted by Gasteiger charge is 2.20. The number of amides is 1. The molecule has 0 atom stereocenters. The maximum absolute atomic E-state index is 12.4. The minimum Gasteiger partial charge on any atom is -0.380 e. The molecular formula is C16H21N3O3. The van der Waals surface area contributed by atoms with Crippen molar-refractivity contribution in [2.45, 2.75) is 39.3 Å². The van der Waals surface area contributed by atoms with Crippen LogP contribution in [0.15, 0.2) is 10.9 Å². The number of carbonyl (C=O) groups is 1. The zero-order valence-electron chi connectivity index (χ0n) is 13.1. The molecule has 0 unspecified atom stereocenters. The van der Waals surface area contributed by atoms with E-state index in [0.29, 0.717) is 11.3 Å². The van der Waals surface area contributed by atoms with Crippen molar-refractivity contribution < 1.29 is 9.53 Å². The predicted molar refractivity (Wildman–Crippen MR) is 81.3 cm³/mol. The van der Waals surface area contributed by atoms with Crippen LogP contribution in [-0.2, 0) is 22.7 Å². The largest absolute Gasteiger partial charge is 0.380 e. The molecule has 0 spiro atoms. The molecule has 0 radical (unpaired) electrons. The predicted octanol–water partition coefficient (Wildman–Crippen LogP) is 1.19. The summed E-state index contributed by atoms with van der Waals surface area (Å²) in [6.07, 6.45) is 3.17. The zero-order chi connectivity index (χ0) is 16.1. The molecule has 22 heavy (non-hydrogen) atoms. The molecule has 118 valence electrons. The summed E-state index contributed by atoms with van der Waals surface area (Å²) < 4.78 is 6.41. The van der Waals surface area contributed by atoms with Crippen LogP contribution in [0.25, 0.3) is 0 Å². The first-order chi connectivity index (χ1) is 10.6. The summed E-state index contributed by atoms with van der Waals surface area (Å²) in [5, 5.41) is 9.21. The molecule has 1 aliphatic heterocycles. The molecule has 2 heterocycles. The topological polar surface area (TPSA) is 75.3 Å². The molecule has 1 amide bonds. The molecule has 0 N–H and O–H groups in total. The van der Waals surface area contributed by atoms with Gasteiger partial charge in [0.2, 0.25) is 5.91 Å². The van der Waals surface area contributed by atoms with Gasteiger partial charge in [0.05, 0.1) is 6.61 Å². The van der Waals surface area contributed by atoms with Crippen LogP contribution in [0.1, 0.15) is 36.1 Å². The number of pyridine rings is 1. The number of hydrogen-bond acceptors (Lipinski definition) is 4. The number of methoxy groups -OCH3 is 1. The van der Waals surface area contributed by atoms with Crippen LogP contribution in [0.4, 0.5) is 0 Å². The van der Waals surface area contributed by atoms with E-state index in [0.717, 1.165) is 32.4 Å². The number of rotatable bonds is 4. The van der Waals surface area contributed by atoms with E-state index in [1.54, 1.807) is 17.9 Å². The highest BCUT2D eigenvalue weighted by molar-refractivity contribution is 5.76. The highest BCUT2D eigenvalue weighted by Crippen LogP contribution is 2.11. The van der Waals surface area contributed by atoms with Crippen molar-refractivity contribution in [2.75, 3.05) is 20.2 Å². The van der Waals surface area contributed by atoms with Gasteiger partial charge in [0.15, 0.2) is 0 Å². The normalized spacial score (nSPS) is 14.7. The van der Waals surface area contributed by atoms with Crippen molar-refractivity contribution >= 4 is 5.91 Å². The van der Waals surface area contributed by atoms with Gasteiger partial charge in [0.1, 0.15) is 18.2 Å². The Hall–Kier alpha value is -2.13. The standard InChI is InChI=1S/C16H21N3O3/c1-12-8-13(11-22-2)14(9-17)16(21)19(12)10-15(20)18-6-4-3-5-7-18/h8H,3-7,10-11H2,1-2H3. The Labute approximate surface area is 129 Å². The quantitative estimate of drug-likeness (QED) is 0.837. The fourth-order valence-corrected chi connectivity index (χ4v) is 2.80. The van der Waals surface area contributed by atoms with Gasteiger partial charge in [-0.15, -0.1) is 0 Å². The summed E-state index contributed by atoms with van der Waals surface area (Å²) in [6.45, 7) is 3.47. The summed E-state index contributed by atoms with van der Waals surface area (Å²) in [7, 11) is 1.52. The summed E-state index contributed by atoms with van der Waals surface area (Å²) in [6, 6.07) is 3.67. The number of hydrogen-bond donors (Lipinski definition) is 0. The number of likely N-dealkylation sites (tertiary alicyclic amines) is 1. The van der Waals surface area contributed by atoms with Gasteiger partial charge in [-0.1, -0.05) is 0 Å². The molecule has 1 fully saturated rings. The molecular weight excluding hydrogens is 282 g/mol. The molecule has 2 rings (SSSR count). The van der Waals surface area contributed by atoms with Gasteiger partial charge < -0.3 is 14.2 Å². The molecule has 1 aromatic heterocycles. The second kappa shape index (κ2) is 7.23. The van der Waals surface area contributed by atoms with Crippen LogP contribution >= 0.6 is 0 Å². The Morgan fingerprint density at radius 3 is 2.64 bits per heavy atom. The van der Waals surface area contributed by atoms with Gasteiger partial charge in [-0.2, -0.15) is 5.26 Å². The monoisotopic (exact) mass is 303 g/mol. The molecule has 0 aliphatic carbocycles. The number of aryl methyl sites for hydroxylation is 1. The molecule has 0 saturated carbocycles. The van der Waals surface area contributed by atoms with Crippen LogP contribution in [0.3, 0.4) is 0 Å². The highest BCUT2D eigenvalue weighted by atomic mass is 16.5. The minimum atomic E-state index is -0.417. The first-order valence-electron chi connectivity index (χ1n) is 7.48. The SMILES string of the molecule is COCc1cc(C)n(CC(=O)N2CCCCC2)c(=O)c1C#N. The lowest BCUT2D eigenvalue weighted by atomic mass is 10.1. The first kappa shape index (κ1) is 16.2. The molecule has 1 aromatic rings. The Balaban J connectivity index is 2.29. The van der Waals surface area contributed by atoms with E-state index in [4.69, 9.17) is 4.74 Å². The third-order valence-electron chi connectivity index (χ3n) is 4.00. The van der Waals surface area contributed by atoms with Crippen molar-refractivity contribution in [2.24, 2.45) is 0 Å². The average Bonchev–Trinajstić information content (AvgIpc) is 2.52. The fraction of sp³-hybridized carbons (Fsp3) is 0.562. The van der Waals surface area contributed by atoms with Gasteiger partial charge >= 0.3 is 0 Å². The van der Waals surface area contributed by atoms with Crippen molar-refractivity contribution in [3.63, 3.8) is 0 Å². The van der Waals surface area contributed by atoms with E-state index in [2.05, 4.69) is 0 Å². The Morgan fingerprint density at radius 2 is 2.05 bits per heavy atom. The number of nitriles is 1. The third-order valence-corrected chi connectivity index (χ3v) is 4.00. The number of ether oxygens (including phenoxy) is 1. The lowest BCUT2D eigenvalue weighted by Crippen LogP contribution is -2.40. The van der Waals surface area contributed by atoms with E-state index in [1.807, 2.05) is 6.07 Å². The molecule has 0 aromatic carbocycles. The van der Waals surface area contributed by atoms with E-state index in [9.17, 15) is 14.9 Å². The molecule has 6 heteroatoms. The van der Waals surface area contributed by atoms with Crippen LogP contribution < -0.4 is 5.56 Å². The summed E-state index contributed by atoms with van der Waals surface area (Å²) in [4.78, 5) is 26.6. The Bertz CT molecular complexity index is 652. The fourth-order valence-electron chi connectivity index (χ4n) is 2.80. The van der Waals surface area contributed by atoms with E-state index < -0.39 is 5.56 Å². The minimum absolute atomic E-state index is 0.00733. The molecule has 1 saturated heterocycles. The lowest BCUT2D eigenvalue weighted by Gasteiger charge is -2.27. The summed E-state index contributed by atoms with van der Waals surface area (Å²) >= 11 is 0. The second-order valence-electron chi connectivity index (χ2n) is 5.56. The van der Waals surface area contributed by atoms with Gasteiger partial charge in [0.25, 0.3) is 5.56 Å². The number of nitrogens with zero attached hydrogens (tertiary/aromatic N) is 3. The van der Waals surface area contributed by atoms with Crippen molar-refractivity contribution in [3.05, 3.63) is 33.2 Å². The van der Waals surface area contributed by atoms with Crippen molar-refractivity contribution in [1.82, 2.24) is 9.47 Å². The van der Waals surface area contributed by atoms with Crippen molar-refractivity contribution in [1.29, 1.82) is 5.26 Å². The van der Waals surface area contributed by atoms with Crippen molar-refractivity contribution in [3.8, 4) is 6.07 Å². The van der Waals surface area contributed by atoms with Crippen LogP contribution in [0.5, 0.6) is 0 Å². The van der Waals surface area contributed by atoms with Crippen LogP contribution in [0, 0.1) is 18.3 Å². The summed E-state index contributed by atoms with van der Waals surface area (Å²) in [5.41, 5.74) is 0.870. The van der Waals surface area contributed by atoms with E-state index in [1.165, 1.54) is 11.7 Å². The van der Waals surface area contributed by atoms with Crippen LogP contribution in [0.2, 0.25) is 0 Å². The van der Waals surface area contributed by atoms with Gasteiger partial charge in [0, 0.05) is 31.5 Å². The molecule has 6 nitrogen and oxygen atoms in total. The van der Waals surface area contributed by atoms with Gasteiger partial charge in [-0.25, -0.2) is 0 Å². The maximum atomic E-state index is 12.4.